The van der Waals surface area contributed by atoms with Gasteiger partial charge in [-0.05, 0) is 32.3 Å². The number of aryl methyl sites for hydroxylation is 1. The highest BCUT2D eigenvalue weighted by Gasteiger charge is 2.47. The molecular weight excluding hydrogens is 322 g/mol. The molecular formula is C18H25N3O4. The zero-order valence-electron chi connectivity index (χ0n) is 14.9. The highest BCUT2D eigenvalue weighted by Crippen LogP contribution is 2.23. The Balaban J connectivity index is 1.95. The molecule has 1 aromatic carbocycles. The van der Waals surface area contributed by atoms with Gasteiger partial charge in [-0.1, -0.05) is 30.3 Å². The maximum Gasteiger partial charge on any atom is 0.325 e. The van der Waals surface area contributed by atoms with Crippen LogP contribution in [0.5, 0.6) is 0 Å². The van der Waals surface area contributed by atoms with Gasteiger partial charge in [0.15, 0.2) is 0 Å². The predicted octanol–water partition coefficient (Wildman–Crippen LogP) is 1.08. The van der Waals surface area contributed by atoms with Crippen LogP contribution in [0.4, 0.5) is 4.79 Å². The molecule has 1 aliphatic rings. The molecule has 1 saturated heterocycles. The Morgan fingerprint density at radius 2 is 2.00 bits per heavy atom. The van der Waals surface area contributed by atoms with Gasteiger partial charge in [-0.2, -0.15) is 0 Å². The number of ether oxygens (including phenoxy) is 1. The van der Waals surface area contributed by atoms with Gasteiger partial charge in [-0.25, -0.2) is 4.79 Å². The van der Waals surface area contributed by atoms with Crippen LogP contribution in [0, 0.1) is 0 Å². The molecule has 0 spiro atoms. The van der Waals surface area contributed by atoms with E-state index in [1.165, 1.54) is 7.11 Å². The van der Waals surface area contributed by atoms with Crippen molar-refractivity contribution in [3.63, 3.8) is 0 Å². The lowest BCUT2D eigenvalue weighted by molar-refractivity contribution is -0.135. The monoisotopic (exact) mass is 347 g/mol. The van der Waals surface area contributed by atoms with Crippen LogP contribution in [0.25, 0.3) is 0 Å². The van der Waals surface area contributed by atoms with Crippen molar-refractivity contribution in [2.24, 2.45) is 0 Å². The van der Waals surface area contributed by atoms with Crippen molar-refractivity contribution < 1.29 is 19.1 Å². The minimum atomic E-state index is -0.995. The fourth-order valence-corrected chi connectivity index (χ4v) is 2.85. The second-order valence-electron chi connectivity index (χ2n) is 6.56. The molecule has 4 amide bonds. The number of hydrogen-bond donors (Lipinski definition) is 2. The number of hydrogen-bond acceptors (Lipinski definition) is 4. The lowest BCUT2D eigenvalue weighted by Crippen LogP contribution is -2.46. The number of nitrogens with zero attached hydrogens (tertiary/aromatic N) is 1. The molecule has 1 heterocycles. The second kappa shape index (κ2) is 8.11. The number of amides is 4. The minimum absolute atomic E-state index is 0.192. The third-order valence-electron chi connectivity index (χ3n) is 4.23. The van der Waals surface area contributed by atoms with Gasteiger partial charge in [0.05, 0.1) is 6.61 Å². The van der Waals surface area contributed by atoms with Crippen molar-refractivity contribution in [2.45, 2.75) is 38.3 Å². The summed E-state index contributed by atoms with van der Waals surface area (Å²) in [5, 5.41) is 5.41. The number of methoxy groups -OCH3 is 1. The van der Waals surface area contributed by atoms with Crippen molar-refractivity contribution in [1.82, 2.24) is 15.5 Å². The minimum Gasteiger partial charge on any atom is -0.383 e. The van der Waals surface area contributed by atoms with E-state index in [9.17, 15) is 14.4 Å². The van der Waals surface area contributed by atoms with Crippen LogP contribution in [-0.4, -0.2) is 54.6 Å². The van der Waals surface area contributed by atoms with E-state index >= 15 is 0 Å². The number of carbonyl (C=O) groups excluding carboxylic acids is 3. The van der Waals surface area contributed by atoms with E-state index in [-0.39, 0.29) is 24.4 Å². The first-order chi connectivity index (χ1) is 11.9. The Morgan fingerprint density at radius 1 is 1.32 bits per heavy atom. The van der Waals surface area contributed by atoms with Gasteiger partial charge < -0.3 is 15.4 Å². The van der Waals surface area contributed by atoms with Gasteiger partial charge in [0.1, 0.15) is 12.1 Å². The summed E-state index contributed by atoms with van der Waals surface area (Å²) in [5.74, 6) is -0.761. The standard InChI is InChI=1S/C18H25N3O4/c1-13(12-25-3)19-15(22)11-21-16(23)18(2,20-17(21)24)10-9-14-7-5-4-6-8-14/h4-8,13H,9-12H2,1-3H3,(H,19,22)(H,20,24)/t13-,18-/m1/s1. The SMILES string of the molecule is COC[C@@H](C)NC(=O)CN1C(=O)N[C@](C)(CCc2ccccc2)C1=O. The van der Waals surface area contributed by atoms with E-state index < -0.39 is 11.6 Å². The largest absolute Gasteiger partial charge is 0.383 e. The number of carbonyl (C=O) groups is 3. The summed E-state index contributed by atoms with van der Waals surface area (Å²) in [5.41, 5.74) is 0.0982. The summed E-state index contributed by atoms with van der Waals surface area (Å²) in [6.07, 6.45) is 1.13. The van der Waals surface area contributed by atoms with Crippen LogP contribution in [-0.2, 0) is 20.7 Å². The first-order valence-electron chi connectivity index (χ1n) is 8.32. The van der Waals surface area contributed by atoms with Crippen molar-refractivity contribution in [3.8, 4) is 0 Å². The van der Waals surface area contributed by atoms with Crippen molar-refractivity contribution in [1.29, 1.82) is 0 Å². The molecule has 2 atom stereocenters. The van der Waals surface area contributed by atoms with Crippen LogP contribution < -0.4 is 10.6 Å². The summed E-state index contributed by atoms with van der Waals surface area (Å²) < 4.78 is 4.95. The van der Waals surface area contributed by atoms with Crippen LogP contribution in [0.2, 0.25) is 0 Å². The maximum absolute atomic E-state index is 12.6. The highest BCUT2D eigenvalue weighted by molar-refractivity contribution is 6.08. The first kappa shape index (κ1) is 18.9. The third kappa shape index (κ3) is 4.79. The second-order valence-corrected chi connectivity index (χ2v) is 6.56. The molecule has 136 valence electrons. The van der Waals surface area contributed by atoms with Crippen molar-refractivity contribution in [2.75, 3.05) is 20.3 Å². The number of nitrogens with one attached hydrogen (secondary N) is 2. The van der Waals surface area contributed by atoms with E-state index in [0.717, 1.165) is 10.5 Å². The Labute approximate surface area is 147 Å². The van der Waals surface area contributed by atoms with Gasteiger partial charge in [-0.15, -0.1) is 0 Å². The quantitative estimate of drug-likeness (QED) is 0.689. The van der Waals surface area contributed by atoms with E-state index in [0.29, 0.717) is 19.4 Å². The molecule has 1 aromatic rings. The smallest absolute Gasteiger partial charge is 0.325 e. The number of rotatable bonds is 8. The number of imide groups is 1. The molecule has 0 saturated carbocycles. The molecule has 0 unspecified atom stereocenters. The Kier molecular flexibility index (Phi) is 6.14. The summed E-state index contributed by atoms with van der Waals surface area (Å²) in [6, 6.07) is 9.03. The average Bonchev–Trinajstić information content (AvgIpc) is 2.78. The van der Waals surface area contributed by atoms with Gasteiger partial charge in [-0.3, -0.25) is 14.5 Å². The molecule has 0 aromatic heterocycles. The zero-order chi connectivity index (χ0) is 18.4. The number of urea groups is 1. The molecule has 1 aliphatic heterocycles. The summed E-state index contributed by atoms with van der Waals surface area (Å²) >= 11 is 0. The lowest BCUT2D eigenvalue weighted by atomic mass is 9.93. The summed E-state index contributed by atoms with van der Waals surface area (Å²) in [6.45, 7) is 3.55. The van der Waals surface area contributed by atoms with Gasteiger partial charge in [0, 0.05) is 13.2 Å². The molecule has 0 aliphatic carbocycles. The molecule has 0 radical (unpaired) electrons. The van der Waals surface area contributed by atoms with E-state index in [1.807, 2.05) is 30.3 Å². The first-order valence-corrected chi connectivity index (χ1v) is 8.32. The van der Waals surface area contributed by atoms with Crippen LogP contribution in [0.3, 0.4) is 0 Å². The van der Waals surface area contributed by atoms with E-state index in [1.54, 1.807) is 13.8 Å². The van der Waals surface area contributed by atoms with Crippen molar-refractivity contribution in [3.05, 3.63) is 35.9 Å². The molecule has 1 fully saturated rings. The average molecular weight is 347 g/mol. The molecule has 7 nitrogen and oxygen atoms in total. The fraction of sp³-hybridized carbons (Fsp3) is 0.500. The Hall–Kier alpha value is -2.41. The molecule has 2 rings (SSSR count). The predicted molar refractivity (Wildman–Crippen MR) is 92.9 cm³/mol. The van der Waals surface area contributed by atoms with E-state index in [4.69, 9.17) is 4.74 Å². The summed E-state index contributed by atoms with van der Waals surface area (Å²) in [7, 11) is 1.54. The molecule has 2 N–H and O–H groups in total. The fourth-order valence-electron chi connectivity index (χ4n) is 2.85. The summed E-state index contributed by atoms with van der Waals surface area (Å²) in [4.78, 5) is 37.8. The lowest BCUT2D eigenvalue weighted by Gasteiger charge is -2.22. The van der Waals surface area contributed by atoms with Crippen molar-refractivity contribution >= 4 is 17.8 Å². The number of benzene rings is 1. The normalized spacial score (nSPS) is 21.2. The van der Waals surface area contributed by atoms with Gasteiger partial charge in [0.25, 0.3) is 5.91 Å². The van der Waals surface area contributed by atoms with Crippen LogP contribution in [0.15, 0.2) is 30.3 Å². The molecule has 25 heavy (non-hydrogen) atoms. The van der Waals surface area contributed by atoms with Crippen LogP contribution in [0.1, 0.15) is 25.8 Å². The van der Waals surface area contributed by atoms with E-state index in [2.05, 4.69) is 10.6 Å². The highest BCUT2D eigenvalue weighted by atomic mass is 16.5. The van der Waals surface area contributed by atoms with Gasteiger partial charge in [0.2, 0.25) is 5.91 Å². The van der Waals surface area contributed by atoms with Crippen LogP contribution >= 0.6 is 0 Å². The molecule has 7 heteroatoms. The Morgan fingerprint density at radius 3 is 2.64 bits per heavy atom. The topological polar surface area (TPSA) is 87.7 Å². The maximum atomic E-state index is 12.6. The third-order valence-corrected chi connectivity index (χ3v) is 4.23. The zero-order valence-corrected chi connectivity index (χ0v) is 14.9. The van der Waals surface area contributed by atoms with Gasteiger partial charge >= 0.3 is 6.03 Å². The molecule has 0 bridgehead atoms. The Bertz CT molecular complexity index is 634.